The van der Waals surface area contributed by atoms with Gasteiger partial charge in [0, 0.05) is 21.5 Å². The molecule has 27 heavy (non-hydrogen) atoms. The number of nitrogens with two attached hydrogens (primary N) is 1. The van der Waals surface area contributed by atoms with Crippen LogP contribution in [-0.2, 0) is 4.79 Å². The fraction of sp³-hybridized carbons (Fsp3) is 0.389. The Bertz CT molecular complexity index is 896. The quantitative estimate of drug-likeness (QED) is 0.622. The van der Waals surface area contributed by atoms with Crippen molar-refractivity contribution in [3.63, 3.8) is 0 Å². The summed E-state index contributed by atoms with van der Waals surface area (Å²) in [6.45, 7) is 6.36. The monoisotopic (exact) mass is 451 g/mol. The Balaban J connectivity index is 2.18. The number of allylic oxidation sites excluding steroid dienone is 1. The Morgan fingerprint density at radius 2 is 2.22 bits per heavy atom. The van der Waals surface area contributed by atoms with Gasteiger partial charge in [-0.3, -0.25) is 4.79 Å². The largest absolute Gasteiger partial charge is 0.494 e. The van der Waals surface area contributed by atoms with Crippen LogP contribution in [0.4, 0.5) is 5.95 Å². The molecule has 3 rings (SSSR count). The molecule has 1 aliphatic rings. The number of benzene rings is 1. The first-order valence-electron chi connectivity index (χ1n) is 8.75. The summed E-state index contributed by atoms with van der Waals surface area (Å²) in [5.41, 5.74) is 7.65. The predicted molar refractivity (Wildman–Crippen MR) is 110 cm³/mol. The molecule has 2 aromatic rings. The number of anilines is 1. The summed E-state index contributed by atoms with van der Waals surface area (Å²) in [6.07, 6.45) is 1.02. The smallest absolute Gasteiger partial charge is 0.248 e. The highest BCUT2D eigenvalue weighted by Crippen LogP contribution is 2.40. The highest BCUT2D eigenvalue weighted by molar-refractivity contribution is 9.10. The van der Waals surface area contributed by atoms with Gasteiger partial charge in [-0.15, -0.1) is 5.10 Å². The van der Waals surface area contributed by atoms with Crippen molar-refractivity contribution in [2.45, 2.75) is 38.4 Å². The number of carbonyl (C=O) groups is 1. The van der Waals surface area contributed by atoms with Crippen molar-refractivity contribution in [1.82, 2.24) is 14.8 Å². The summed E-state index contributed by atoms with van der Waals surface area (Å²) in [5.74, 6) is 1.69. The zero-order chi connectivity index (χ0) is 19.6. The molecule has 1 aliphatic heterocycles. The average molecular weight is 452 g/mol. The lowest BCUT2D eigenvalue weighted by Gasteiger charge is -2.28. The predicted octanol–water partition coefficient (Wildman–Crippen LogP) is 3.72. The third-order valence-electron chi connectivity index (χ3n) is 4.10. The van der Waals surface area contributed by atoms with Crippen LogP contribution >= 0.6 is 27.7 Å². The molecule has 0 bridgehead atoms. The molecular formula is C18H22BrN5O2S. The van der Waals surface area contributed by atoms with Gasteiger partial charge in [0.1, 0.15) is 11.8 Å². The summed E-state index contributed by atoms with van der Waals surface area (Å²) < 4.78 is 8.41. The molecule has 0 saturated heterocycles. The first kappa shape index (κ1) is 19.8. The summed E-state index contributed by atoms with van der Waals surface area (Å²) >= 11 is 5.09. The number of fused-ring (bicyclic) bond motifs is 1. The van der Waals surface area contributed by atoms with Gasteiger partial charge in [0.25, 0.3) is 0 Å². The Labute approximate surface area is 170 Å². The number of ether oxygens (including phenoxy) is 1. The summed E-state index contributed by atoms with van der Waals surface area (Å²) in [5, 5.41) is 8.46. The molecule has 1 aromatic carbocycles. The number of hydrogen-bond acceptors (Lipinski definition) is 6. The molecular weight excluding hydrogens is 430 g/mol. The molecule has 9 heteroatoms. The number of thioether (sulfide) groups is 1. The van der Waals surface area contributed by atoms with Gasteiger partial charge >= 0.3 is 0 Å². The third-order valence-corrected chi connectivity index (χ3v) is 5.64. The summed E-state index contributed by atoms with van der Waals surface area (Å²) in [7, 11) is 0. The van der Waals surface area contributed by atoms with E-state index in [4.69, 9.17) is 10.5 Å². The van der Waals surface area contributed by atoms with Gasteiger partial charge in [0.05, 0.1) is 12.2 Å². The number of nitrogens with one attached hydrogen (secondary N) is 1. The standard InChI is InChI=1S/C18H22BrN5O2S/c1-4-8-27-18-22-17-21-10(3)14(16(20)25)15(24(17)23-18)12-9-11(19)6-7-13(12)26-5-2/h6-7,9,15H,4-5,8H2,1-3H3,(H2,20,25)(H,21,22,23). The number of carbonyl (C=O) groups excluding carboxylic acids is 1. The molecule has 144 valence electrons. The highest BCUT2D eigenvalue weighted by atomic mass is 79.9. The normalized spacial score (nSPS) is 16.1. The minimum Gasteiger partial charge on any atom is -0.494 e. The SMILES string of the molecule is CCCSc1nc2n(n1)C(c1cc(Br)ccc1OCC)C(C(N)=O)=C(C)N2. The van der Waals surface area contributed by atoms with Crippen LogP contribution < -0.4 is 15.8 Å². The van der Waals surface area contributed by atoms with Crippen molar-refractivity contribution in [2.75, 3.05) is 17.7 Å². The number of hydrogen-bond donors (Lipinski definition) is 2. The first-order valence-corrected chi connectivity index (χ1v) is 10.5. The number of rotatable bonds is 7. The minimum atomic E-state index is -0.513. The van der Waals surface area contributed by atoms with Crippen LogP contribution in [0.2, 0.25) is 0 Å². The van der Waals surface area contributed by atoms with Crippen molar-refractivity contribution in [1.29, 1.82) is 0 Å². The van der Waals surface area contributed by atoms with Gasteiger partial charge in [-0.25, -0.2) is 4.68 Å². The molecule has 0 fully saturated rings. The summed E-state index contributed by atoms with van der Waals surface area (Å²) in [4.78, 5) is 16.9. The lowest BCUT2D eigenvalue weighted by molar-refractivity contribution is -0.115. The summed E-state index contributed by atoms with van der Waals surface area (Å²) in [6, 6.07) is 5.20. The maximum atomic E-state index is 12.3. The van der Waals surface area contributed by atoms with Crippen molar-refractivity contribution >= 4 is 39.5 Å². The molecule has 3 N–H and O–H groups in total. The zero-order valence-electron chi connectivity index (χ0n) is 15.5. The number of nitrogens with zero attached hydrogens (tertiary/aromatic N) is 3. The lowest BCUT2D eigenvalue weighted by Crippen LogP contribution is -2.32. The Kier molecular flexibility index (Phi) is 6.11. The van der Waals surface area contributed by atoms with Crippen LogP contribution in [0.25, 0.3) is 0 Å². The second-order valence-corrected chi connectivity index (χ2v) is 8.03. The van der Waals surface area contributed by atoms with Gasteiger partial charge in [-0.05, 0) is 38.5 Å². The van der Waals surface area contributed by atoms with E-state index >= 15 is 0 Å². The number of primary amides is 1. The molecule has 0 spiro atoms. The van der Waals surface area contributed by atoms with Crippen LogP contribution in [0.5, 0.6) is 5.75 Å². The first-order chi connectivity index (χ1) is 13.0. The Morgan fingerprint density at radius 1 is 1.44 bits per heavy atom. The third kappa shape index (κ3) is 3.98. The van der Waals surface area contributed by atoms with E-state index in [0.717, 1.165) is 22.2 Å². The van der Waals surface area contributed by atoms with E-state index in [9.17, 15) is 4.79 Å². The van der Waals surface area contributed by atoms with Gasteiger partial charge in [0.15, 0.2) is 0 Å². The van der Waals surface area contributed by atoms with E-state index in [1.54, 1.807) is 16.4 Å². The average Bonchev–Trinajstić information content (AvgIpc) is 3.02. The molecule has 1 atom stereocenters. The van der Waals surface area contributed by atoms with Crippen molar-refractivity contribution in [3.8, 4) is 5.75 Å². The van der Waals surface area contributed by atoms with Crippen LogP contribution in [0.15, 0.2) is 39.1 Å². The number of amides is 1. The molecule has 0 radical (unpaired) electrons. The molecule has 0 saturated carbocycles. The van der Waals surface area contributed by atoms with Crippen LogP contribution in [0.3, 0.4) is 0 Å². The highest BCUT2D eigenvalue weighted by Gasteiger charge is 2.35. The molecule has 0 aliphatic carbocycles. The minimum absolute atomic E-state index is 0.443. The van der Waals surface area contributed by atoms with Crippen LogP contribution in [0, 0.1) is 0 Å². The second kappa shape index (κ2) is 8.35. The topological polar surface area (TPSA) is 95.1 Å². The Hall–Kier alpha value is -2.00. The van der Waals surface area contributed by atoms with Crippen molar-refractivity contribution in [2.24, 2.45) is 5.73 Å². The fourth-order valence-corrected chi connectivity index (χ4v) is 4.07. The van der Waals surface area contributed by atoms with Crippen LogP contribution in [0.1, 0.15) is 38.8 Å². The lowest BCUT2D eigenvalue weighted by atomic mass is 9.94. The van der Waals surface area contributed by atoms with E-state index in [1.807, 2.05) is 32.0 Å². The second-order valence-electron chi connectivity index (χ2n) is 6.06. The van der Waals surface area contributed by atoms with Gasteiger partial charge in [0.2, 0.25) is 17.0 Å². The maximum absolute atomic E-state index is 12.3. The van der Waals surface area contributed by atoms with E-state index in [1.165, 1.54) is 0 Å². The molecule has 1 aromatic heterocycles. The molecule has 2 heterocycles. The van der Waals surface area contributed by atoms with E-state index < -0.39 is 11.9 Å². The molecule has 1 unspecified atom stereocenters. The van der Waals surface area contributed by atoms with Gasteiger partial charge < -0.3 is 15.8 Å². The fourth-order valence-electron chi connectivity index (χ4n) is 3.01. The number of aromatic nitrogens is 3. The maximum Gasteiger partial charge on any atom is 0.248 e. The van der Waals surface area contributed by atoms with E-state index in [0.29, 0.717) is 34.7 Å². The molecule has 1 amide bonds. The van der Waals surface area contributed by atoms with Gasteiger partial charge in [-0.1, -0.05) is 34.6 Å². The Morgan fingerprint density at radius 3 is 2.89 bits per heavy atom. The van der Waals surface area contributed by atoms with E-state index in [-0.39, 0.29) is 0 Å². The van der Waals surface area contributed by atoms with Crippen LogP contribution in [-0.4, -0.2) is 33.0 Å². The van der Waals surface area contributed by atoms with Crippen molar-refractivity contribution in [3.05, 3.63) is 39.5 Å². The van der Waals surface area contributed by atoms with Crippen molar-refractivity contribution < 1.29 is 9.53 Å². The zero-order valence-corrected chi connectivity index (χ0v) is 17.9. The number of halogens is 1. The van der Waals surface area contributed by atoms with E-state index in [2.05, 4.69) is 38.3 Å². The van der Waals surface area contributed by atoms with Gasteiger partial charge in [-0.2, -0.15) is 4.98 Å². The molecule has 7 nitrogen and oxygen atoms in total.